The first-order valence-electron chi connectivity index (χ1n) is 5.67. The van der Waals surface area contributed by atoms with Crippen molar-refractivity contribution in [3.63, 3.8) is 0 Å². The topological polar surface area (TPSA) is 36.3 Å². The largest absolute Gasteiger partial charge is 0.376 e. The summed E-state index contributed by atoms with van der Waals surface area (Å²) in [6.07, 6.45) is 1.30. The van der Waals surface area contributed by atoms with E-state index in [0.717, 1.165) is 23.2 Å². The molecule has 3 nitrogen and oxygen atoms in total. The van der Waals surface area contributed by atoms with Crippen LogP contribution in [0, 0.1) is 11.3 Å². The van der Waals surface area contributed by atoms with Crippen molar-refractivity contribution in [2.45, 2.75) is 25.5 Å². The Kier molecular flexibility index (Phi) is 3.70. The molecule has 0 aromatic heterocycles. The molecule has 1 aliphatic rings. The molecule has 1 heterocycles. The fourth-order valence-corrected chi connectivity index (χ4v) is 2.93. The first-order valence-corrected chi connectivity index (χ1v) is 6.47. The van der Waals surface area contributed by atoms with Crippen LogP contribution in [-0.4, -0.2) is 25.8 Å². The molecule has 0 spiro atoms. The Morgan fingerprint density at radius 1 is 1.53 bits per heavy atom. The molecule has 1 aromatic carbocycles. The average Bonchev–Trinajstić information content (AvgIpc) is 2.74. The van der Waals surface area contributed by atoms with Gasteiger partial charge in [-0.3, -0.25) is 0 Å². The summed E-state index contributed by atoms with van der Waals surface area (Å²) < 4.78 is 6.54. The zero-order valence-electron chi connectivity index (χ0n) is 9.98. The normalized spacial score (nSPS) is 23.4. The van der Waals surface area contributed by atoms with E-state index in [1.54, 1.807) is 0 Å². The highest BCUT2D eigenvalue weighted by atomic mass is 79.9. The summed E-state index contributed by atoms with van der Waals surface area (Å²) in [4.78, 5) is 2.23. The number of ether oxygens (including phenoxy) is 1. The monoisotopic (exact) mass is 294 g/mol. The van der Waals surface area contributed by atoms with Gasteiger partial charge in [-0.1, -0.05) is 0 Å². The van der Waals surface area contributed by atoms with E-state index >= 15 is 0 Å². The van der Waals surface area contributed by atoms with Crippen LogP contribution in [0.5, 0.6) is 0 Å². The number of hydrogen-bond acceptors (Lipinski definition) is 3. The molecule has 0 bridgehead atoms. The van der Waals surface area contributed by atoms with Crippen LogP contribution in [0.25, 0.3) is 0 Å². The number of anilines is 1. The Labute approximate surface area is 110 Å². The van der Waals surface area contributed by atoms with Crippen LogP contribution >= 0.6 is 15.9 Å². The molecule has 90 valence electrons. The van der Waals surface area contributed by atoms with E-state index in [0.29, 0.717) is 11.6 Å². The number of likely N-dealkylation sites (N-methyl/N-ethyl adjacent to an activating group) is 1. The average molecular weight is 295 g/mol. The summed E-state index contributed by atoms with van der Waals surface area (Å²) in [5.41, 5.74) is 1.77. The van der Waals surface area contributed by atoms with E-state index in [-0.39, 0.29) is 6.10 Å². The number of halogens is 1. The third-order valence-corrected chi connectivity index (χ3v) is 3.93. The van der Waals surface area contributed by atoms with Crippen molar-refractivity contribution in [1.29, 1.82) is 5.26 Å². The van der Waals surface area contributed by atoms with Crippen LogP contribution in [0.3, 0.4) is 0 Å². The number of benzene rings is 1. The highest BCUT2D eigenvalue weighted by molar-refractivity contribution is 9.10. The fraction of sp³-hybridized carbons (Fsp3) is 0.462. The Hall–Kier alpha value is -1.05. The lowest BCUT2D eigenvalue weighted by molar-refractivity contribution is 0.118. The molecular formula is C13H15BrN2O. The Morgan fingerprint density at radius 3 is 2.82 bits per heavy atom. The van der Waals surface area contributed by atoms with Gasteiger partial charge in [0.05, 0.1) is 29.5 Å². The quantitative estimate of drug-likeness (QED) is 0.841. The van der Waals surface area contributed by atoms with Crippen molar-refractivity contribution in [1.82, 2.24) is 0 Å². The van der Waals surface area contributed by atoms with Gasteiger partial charge in [0.1, 0.15) is 0 Å². The van der Waals surface area contributed by atoms with E-state index in [9.17, 15) is 0 Å². The standard InChI is InChI=1S/C13H15BrN2O/c1-9-12(5-6-17-9)16(2)13-4-3-10(8-15)7-11(13)14/h3-4,7,9,12H,5-6H2,1-2H3. The lowest BCUT2D eigenvalue weighted by atomic mass is 10.1. The van der Waals surface area contributed by atoms with Crippen molar-refractivity contribution in [3.8, 4) is 6.07 Å². The third kappa shape index (κ3) is 2.46. The number of nitriles is 1. The Balaban J connectivity index is 2.25. The molecule has 0 aliphatic carbocycles. The van der Waals surface area contributed by atoms with Crippen molar-refractivity contribution < 1.29 is 4.74 Å². The van der Waals surface area contributed by atoms with Crippen molar-refractivity contribution in [2.24, 2.45) is 0 Å². The van der Waals surface area contributed by atoms with E-state index in [4.69, 9.17) is 10.00 Å². The van der Waals surface area contributed by atoms with Gasteiger partial charge in [-0.05, 0) is 47.5 Å². The van der Waals surface area contributed by atoms with E-state index in [1.165, 1.54) is 0 Å². The summed E-state index contributed by atoms with van der Waals surface area (Å²) in [6.45, 7) is 2.93. The van der Waals surface area contributed by atoms with Gasteiger partial charge in [-0.25, -0.2) is 0 Å². The SMILES string of the molecule is CC1OCCC1N(C)c1ccc(C#N)cc1Br. The Morgan fingerprint density at radius 2 is 2.29 bits per heavy atom. The third-order valence-electron chi connectivity index (χ3n) is 3.29. The minimum atomic E-state index is 0.252. The summed E-state index contributed by atoms with van der Waals surface area (Å²) in [7, 11) is 2.07. The van der Waals surface area contributed by atoms with E-state index in [2.05, 4.69) is 40.9 Å². The van der Waals surface area contributed by atoms with E-state index < -0.39 is 0 Å². The molecule has 0 radical (unpaired) electrons. The number of nitrogens with zero attached hydrogens (tertiary/aromatic N) is 2. The van der Waals surface area contributed by atoms with Crippen molar-refractivity contribution in [3.05, 3.63) is 28.2 Å². The van der Waals surface area contributed by atoms with Crippen LogP contribution in [-0.2, 0) is 4.74 Å². The summed E-state index contributed by atoms with van der Waals surface area (Å²) in [6, 6.07) is 8.22. The fourth-order valence-electron chi connectivity index (χ4n) is 2.27. The molecule has 4 heteroatoms. The van der Waals surface area contributed by atoms with Gasteiger partial charge in [0.25, 0.3) is 0 Å². The van der Waals surface area contributed by atoms with Crippen LogP contribution in [0.4, 0.5) is 5.69 Å². The van der Waals surface area contributed by atoms with Gasteiger partial charge in [0, 0.05) is 18.1 Å². The predicted octanol–water partition coefficient (Wildman–Crippen LogP) is 2.93. The maximum absolute atomic E-state index is 8.84. The predicted molar refractivity (Wildman–Crippen MR) is 71.1 cm³/mol. The van der Waals surface area contributed by atoms with Crippen LogP contribution in [0.2, 0.25) is 0 Å². The molecule has 1 aromatic rings. The molecular weight excluding hydrogens is 280 g/mol. The maximum atomic E-state index is 8.84. The summed E-state index contributed by atoms with van der Waals surface area (Å²) >= 11 is 3.52. The number of rotatable bonds is 2. The first-order chi connectivity index (χ1) is 8.13. The molecule has 2 rings (SSSR count). The highest BCUT2D eigenvalue weighted by Crippen LogP contribution is 2.31. The lowest BCUT2D eigenvalue weighted by Gasteiger charge is -2.29. The summed E-state index contributed by atoms with van der Waals surface area (Å²) in [5, 5.41) is 8.84. The highest BCUT2D eigenvalue weighted by Gasteiger charge is 2.28. The van der Waals surface area contributed by atoms with Crippen LogP contribution < -0.4 is 4.90 Å². The molecule has 1 aliphatic heterocycles. The molecule has 1 saturated heterocycles. The van der Waals surface area contributed by atoms with E-state index in [1.807, 2.05) is 18.2 Å². The second-order valence-electron chi connectivity index (χ2n) is 4.32. The summed E-state index contributed by atoms with van der Waals surface area (Å²) in [5.74, 6) is 0. The minimum absolute atomic E-state index is 0.252. The van der Waals surface area contributed by atoms with Crippen LogP contribution in [0.1, 0.15) is 18.9 Å². The molecule has 17 heavy (non-hydrogen) atoms. The maximum Gasteiger partial charge on any atom is 0.0992 e. The number of hydrogen-bond donors (Lipinski definition) is 0. The van der Waals surface area contributed by atoms with Crippen molar-refractivity contribution >= 4 is 21.6 Å². The van der Waals surface area contributed by atoms with Gasteiger partial charge in [0.15, 0.2) is 0 Å². The van der Waals surface area contributed by atoms with Crippen molar-refractivity contribution in [2.75, 3.05) is 18.6 Å². The van der Waals surface area contributed by atoms with Crippen LogP contribution in [0.15, 0.2) is 22.7 Å². The van der Waals surface area contributed by atoms with Gasteiger partial charge < -0.3 is 9.64 Å². The molecule has 2 unspecified atom stereocenters. The second kappa shape index (κ2) is 5.07. The Bertz CT molecular complexity index is 455. The molecule has 0 saturated carbocycles. The van der Waals surface area contributed by atoms with Gasteiger partial charge in [-0.2, -0.15) is 5.26 Å². The van der Waals surface area contributed by atoms with Gasteiger partial charge in [-0.15, -0.1) is 0 Å². The van der Waals surface area contributed by atoms with Gasteiger partial charge in [0.2, 0.25) is 0 Å². The minimum Gasteiger partial charge on any atom is -0.376 e. The van der Waals surface area contributed by atoms with Gasteiger partial charge >= 0.3 is 0 Å². The molecule has 0 amide bonds. The molecule has 1 fully saturated rings. The lowest BCUT2D eigenvalue weighted by Crippen LogP contribution is -2.36. The zero-order chi connectivity index (χ0) is 12.4. The first kappa shape index (κ1) is 12.4. The smallest absolute Gasteiger partial charge is 0.0992 e. The molecule has 2 atom stereocenters. The second-order valence-corrected chi connectivity index (χ2v) is 5.18. The zero-order valence-corrected chi connectivity index (χ0v) is 11.6. The molecule has 0 N–H and O–H groups in total.